The molecule has 2 heterocycles. The van der Waals surface area contributed by atoms with Gasteiger partial charge in [0.1, 0.15) is 18.5 Å². The van der Waals surface area contributed by atoms with Gasteiger partial charge in [-0.3, -0.25) is 19.2 Å². The van der Waals surface area contributed by atoms with E-state index in [4.69, 9.17) is 28.2 Å². The molecule has 0 radical (unpaired) electrons. The maximum absolute atomic E-state index is 13.5. The molecule has 56 heavy (non-hydrogen) atoms. The zero-order valence-electron chi connectivity index (χ0n) is 33.6. The minimum atomic E-state index is -2.01. The molecule has 15 nitrogen and oxygen atoms in total. The van der Waals surface area contributed by atoms with Crippen LogP contribution in [-0.4, -0.2) is 103 Å². The molecule has 15 heteroatoms. The third-order valence-electron chi connectivity index (χ3n) is 8.33. The van der Waals surface area contributed by atoms with E-state index in [9.17, 15) is 24.0 Å². The summed E-state index contributed by atoms with van der Waals surface area (Å²) in [6.45, 7) is 10.1. The molecule has 0 aliphatic carbocycles. The highest BCUT2D eigenvalue weighted by molar-refractivity contribution is 5.95. The summed E-state index contributed by atoms with van der Waals surface area (Å²) < 4.78 is 27.1. The van der Waals surface area contributed by atoms with Gasteiger partial charge in [0.15, 0.2) is 13.2 Å². The molecule has 1 aliphatic heterocycles. The van der Waals surface area contributed by atoms with Crippen LogP contribution in [-0.2, 0) is 54.2 Å². The highest BCUT2D eigenvalue weighted by Crippen LogP contribution is 2.30. The van der Waals surface area contributed by atoms with Crippen molar-refractivity contribution in [1.29, 1.82) is 0 Å². The van der Waals surface area contributed by atoms with Gasteiger partial charge >= 0.3 is 11.9 Å². The van der Waals surface area contributed by atoms with Crippen LogP contribution >= 0.6 is 0 Å². The molecule has 2 rings (SSSR count). The third kappa shape index (κ3) is 14.7. The Hall–Kier alpha value is -5.38. The summed E-state index contributed by atoms with van der Waals surface area (Å²) in [7, 11) is 3.03. The Morgan fingerprint density at radius 1 is 0.982 bits per heavy atom. The average molecular weight is 781 g/mol. The smallest absolute Gasteiger partial charge is 0.332 e. The molecule has 1 aromatic rings. The molecule has 1 aliphatic rings. The maximum Gasteiger partial charge on any atom is 0.332 e. The summed E-state index contributed by atoms with van der Waals surface area (Å²) in [5, 5.41) is 3.49. The van der Waals surface area contributed by atoms with Crippen LogP contribution in [0, 0.1) is 5.41 Å². The fourth-order valence-corrected chi connectivity index (χ4v) is 5.09. The highest BCUT2D eigenvalue weighted by Gasteiger charge is 2.55. The number of hydrogen-bond donors (Lipinski definition) is 1. The highest BCUT2D eigenvalue weighted by atomic mass is 16.8. The standard InChI is InChI=1S/C41H56N4O11/c1-9-35(47)55-37(31(3)22-18-15-16-19-23-33-26-42-29-53-33)40(5,6)38(49)43-25-21-17-13-11-12-14-20-24-34(46)45(56-36(48)10-2)41(28-52-30-54-41)39(50)44(7)27-32(4)51-8/h11-22,24,26,29,32,37H,9-10,23,25,27-28,30H2,1-8H3,(H,43,49)/b13-11+,14-12+,18-15-,19-16+,21-17-,24-20+,31-22-. The Morgan fingerprint density at radius 2 is 1.64 bits per heavy atom. The monoisotopic (exact) mass is 780 g/mol. The first-order valence-electron chi connectivity index (χ1n) is 18.3. The Balaban J connectivity index is 2.00. The molecule has 0 saturated carbocycles. The zero-order chi connectivity index (χ0) is 41.6. The van der Waals surface area contributed by atoms with Gasteiger partial charge < -0.3 is 38.4 Å². The van der Waals surface area contributed by atoms with Crippen LogP contribution in [0.3, 0.4) is 0 Å². The molecule has 1 saturated heterocycles. The molecule has 1 aromatic heterocycles. The molecule has 1 fully saturated rings. The van der Waals surface area contributed by atoms with E-state index in [0.29, 0.717) is 17.1 Å². The van der Waals surface area contributed by atoms with E-state index in [2.05, 4.69) is 10.3 Å². The number of hydroxylamine groups is 2. The first-order valence-corrected chi connectivity index (χ1v) is 18.3. The molecular weight excluding hydrogens is 724 g/mol. The quantitative estimate of drug-likeness (QED) is 0.0778. The van der Waals surface area contributed by atoms with Gasteiger partial charge in [0.25, 0.3) is 17.5 Å². The van der Waals surface area contributed by atoms with Crippen molar-refractivity contribution < 1.29 is 52.2 Å². The van der Waals surface area contributed by atoms with Crippen LogP contribution < -0.4 is 5.32 Å². The van der Waals surface area contributed by atoms with Crippen LogP contribution in [0.4, 0.5) is 0 Å². The number of allylic oxidation sites excluding steroid dienone is 11. The van der Waals surface area contributed by atoms with Crippen molar-refractivity contribution in [1.82, 2.24) is 20.3 Å². The van der Waals surface area contributed by atoms with Gasteiger partial charge in [-0.1, -0.05) is 86.8 Å². The van der Waals surface area contributed by atoms with Crippen molar-refractivity contribution in [3.05, 3.63) is 103 Å². The van der Waals surface area contributed by atoms with Crippen molar-refractivity contribution >= 4 is 29.7 Å². The lowest BCUT2D eigenvalue weighted by atomic mass is 9.81. The Morgan fingerprint density at radius 3 is 2.27 bits per heavy atom. The Labute approximate surface area is 329 Å². The van der Waals surface area contributed by atoms with E-state index in [0.717, 1.165) is 11.8 Å². The normalized spacial score (nSPS) is 17.8. The predicted molar refractivity (Wildman–Crippen MR) is 208 cm³/mol. The van der Waals surface area contributed by atoms with Gasteiger partial charge in [0.2, 0.25) is 5.91 Å². The number of aromatic nitrogens is 1. The summed E-state index contributed by atoms with van der Waals surface area (Å²) >= 11 is 0. The topological polar surface area (TPSA) is 176 Å². The maximum atomic E-state index is 13.5. The summed E-state index contributed by atoms with van der Waals surface area (Å²) in [4.78, 5) is 75.2. The van der Waals surface area contributed by atoms with Crippen molar-refractivity contribution in [2.75, 3.05) is 40.6 Å². The minimum absolute atomic E-state index is 0.0511. The summed E-state index contributed by atoms with van der Waals surface area (Å²) in [6.07, 6.45) is 24.5. The average Bonchev–Trinajstić information content (AvgIpc) is 3.90. The Bertz CT molecular complexity index is 1650. The number of carbonyl (C=O) groups is 5. The lowest BCUT2D eigenvalue weighted by Gasteiger charge is -2.37. The first kappa shape index (κ1) is 46.8. The summed E-state index contributed by atoms with van der Waals surface area (Å²) in [5.74, 6) is -2.17. The molecule has 0 bridgehead atoms. The number of nitrogens with one attached hydrogen (secondary N) is 1. The van der Waals surface area contributed by atoms with Crippen molar-refractivity contribution in [2.24, 2.45) is 5.41 Å². The number of nitrogens with zero attached hydrogens (tertiary/aromatic N) is 3. The number of rotatable bonds is 21. The lowest BCUT2D eigenvalue weighted by Crippen LogP contribution is -2.63. The van der Waals surface area contributed by atoms with E-state index >= 15 is 0 Å². The molecule has 0 aromatic carbocycles. The van der Waals surface area contributed by atoms with Crippen LogP contribution in [0.2, 0.25) is 0 Å². The van der Waals surface area contributed by atoms with Crippen LogP contribution in [0.25, 0.3) is 0 Å². The summed E-state index contributed by atoms with van der Waals surface area (Å²) in [6, 6.07) is 0. The number of carbonyl (C=O) groups excluding carboxylic acids is 5. The molecule has 306 valence electrons. The summed E-state index contributed by atoms with van der Waals surface area (Å²) in [5.41, 5.74) is -2.39. The number of methoxy groups -OCH3 is 1. The Kier molecular flexibility index (Phi) is 20.2. The van der Waals surface area contributed by atoms with E-state index < -0.39 is 41.0 Å². The van der Waals surface area contributed by atoms with Crippen LogP contribution in [0.5, 0.6) is 0 Å². The largest absolute Gasteiger partial charge is 0.457 e. The molecule has 3 atom stereocenters. The molecule has 3 amide bonds. The molecule has 3 unspecified atom stereocenters. The molecular formula is C41H56N4O11. The van der Waals surface area contributed by atoms with Gasteiger partial charge in [0, 0.05) is 52.6 Å². The predicted octanol–water partition coefficient (Wildman–Crippen LogP) is 4.86. The van der Waals surface area contributed by atoms with Crippen molar-refractivity contribution in [3.63, 3.8) is 0 Å². The number of esters is 1. The minimum Gasteiger partial charge on any atom is -0.457 e. The second-order valence-electron chi connectivity index (χ2n) is 13.2. The van der Waals surface area contributed by atoms with Gasteiger partial charge in [-0.25, -0.2) is 9.78 Å². The first-order chi connectivity index (χ1) is 26.7. The SMILES string of the molecule is CCC(=O)OC(\C(C)=C/C=C\C=C\Cc1cnco1)C(C)(C)C(=O)NC\C=C/C=C/C=C/C=C/C(=O)N(OC(=O)CC)C1(C(=O)N(C)CC(C)OC)COCO1. The van der Waals surface area contributed by atoms with Gasteiger partial charge in [0.05, 0.1) is 17.7 Å². The van der Waals surface area contributed by atoms with Gasteiger partial charge in [-0.2, -0.15) is 0 Å². The second-order valence-corrected chi connectivity index (χ2v) is 13.2. The number of oxazole rings is 1. The van der Waals surface area contributed by atoms with E-state index in [1.165, 1.54) is 31.5 Å². The second kappa shape index (κ2) is 24.2. The zero-order valence-corrected chi connectivity index (χ0v) is 33.6. The van der Waals surface area contributed by atoms with Gasteiger partial charge in [-0.15, -0.1) is 5.06 Å². The van der Waals surface area contributed by atoms with Crippen molar-refractivity contribution in [3.8, 4) is 0 Å². The van der Waals surface area contributed by atoms with Crippen LogP contribution in [0.1, 0.15) is 60.1 Å². The number of ether oxygens (including phenoxy) is 4. The molecule has 0 spiro atoms. The van der Waals surface area contributed by atoms with Crippen LogP contribution in [0.15, 0.2) is 102 Å². The van der Waals surface area contributed by atoms with E-state index in [1.54, 1.807) is 77.3 Å². The fraction of sp³-hybridized carbons (Fsp3) is 0.463. The fourth-order valence-electron chi connectivity index (χ4n) is 5.09. The number of likely N-dealkylation sites (N-methyl/N-ethyl adjacent to an activating group) is 1. The van der Waals surface area contributed by atoms with E-state index in [-0.39, 0.29) is 51.3 Å². The third-order valence-corrected chi connectivity index (χ3v) is 8.33. The van der Waals surface area contributed by atoms with E-state index in [1.807, 2.05) is 37.3 Å². The van der Waals surface area contributed by atoms with Crippen molar-refractivity contribution in [2.45, 2.75) is 78.7 Å². The number of amides is 3. The lowest BCUT2D eigenvalue weighted by molar-refractivity contribution is -0.259. The number of hydrogen-bond acceptors (Lipinski definition) is 12. The van der Waals surface area contributed by atoms with Gasteiger partial charge in [-0.05, 0) is 33.3 Å². The molecule has 1 N–H and O–H groups in total.